The number of benzene rings is 1. The van der Waals surface area contributed by atoms with Crippen molar-refractivity contribution in [3.8, 4) is 11.8 Å². The molecule has 0 amide bonds. The van der Waals surface area contributed by atoms with Crippen molar-refractivity contribution >= 4 is 0 Å². The third kappa shape index (κ3) is 4.31. The topological polar surface area (TPSA) is 47.0 Å². The average Bonchev–Trinajstić information content (AvgIpc) is 2.49. The largest absolute Gasteiger partial charge is 0.424 e. The van der Waals surface area contributed by atoms with Crippen LogP contribution in [0.1, 0.15) is 31.4 Å². The molecule has 0 spiro atoms. The first kappa shape index (κ1) is 14.5. The molecule has 2 aromatic rings. The summed E-state index contributed by atoms with van der Waals surface area (Å²) in [5, 5.41) is 3.23. The first-order chi connectivity index (χ1) is 9.81. The molecule has 1 aromatic heterocycles. The number of nitrogens with one attached hydrogen (secondary N) is 1. The molecule has 1 N–H and O–H groups in total. The highest BCUT2D eigenvalue weighted by Gasteiger charge is 2.01. The molecule has 0 radical (unpaired) electrons. The number of ether oxygens (including phenoxy) is 1. The SMILES string of the molecule is CCCc1ccc(Oc2ncc(CNCC)cn2)cc1. The summed E-state index contributed by atoms with van der Waals surface area (Å²) in [4.78, 5) is 8.42. The van der Waals surface area contributed by atoms with Crippen LogP contribution in [0.3, 0.4) is 0 Å². The molecule has 0 saturated heterocycles. The van der Waals surface area contributed by atoms with Crippen molar-refractivity contribution in [1.82, 2.24) is 15.3 Å². The molecular formula is C16H21N3O. The highest BCUT2D eigenvalue weighted by atomic mass is 16.5. The van der Waals surface area contributed by atoms with Crippen LogP contribution in [0.4, 0.5) is 0 Å². The molecule has 0 bridgehead atoms. The lowest BCUT2D eigenvalue weighted by atomic mass is 10.1. The van der Waals surface area contributed by atoms with E-state index in [2.05, 4.69) is 41.3 Å². The van der Waals surface area contributed by atoms with Crippen molar-refractivity contribution in [3.05, 3.63) is 47.8 Å². The number of nitrogens with zero attached hydrogens (tertiary/aromatic N) is 2. The number of aryl methyl sites for hydroxylation is 1. The van der Waals surface area contributed by atoms with Gasteiger partial charge in [-0.05, 0) is 30.7 Å². The van der Waals surface area contributed by atoms with E-state index in [1.165, 1.54) is 5.56 Å². The molecule has 0 aliphatic carbocycles. The highest BCUT2D eigenvalue weighted by molar-refractivity contribution is 5.29. The zero-order valence-corrected chi connectivity index (χ0v) is 12.1. The van der Waals surface area contributed by atoms with E-state index < -0.39 is 0 Å². The van der Waals surface area contributed by atoms with Gasteiger partial charge in [-0.2, -0.15) is 0 Å². The Bertz CT molecular complexity index is 508. The minimum Gasteiger partial charge on any atom is -0.424 e. The zero-order chi connectivity index (χ0) is 14.2. The molecule has 0 fully saturated rings. The van der Waals surface area contributed by atoms with Crippen molar-refractivity contribution in [2.75, 3.05) is 6.54 Å². The Morgan fingerprint density at radius 3 is 2.30 bits per heavy atom. The van der Waals surface area contributed by atoms with E-state index >= 15 is 0 Å². The molecule has 0 unspecified atom stereocenters. The van der Waals surface area contributed by atoms with E-state index in [1.54, 1.807) is 12.4 Å². The van der Waals surface area contributed by atoms with Crippen LogP contribution in [0.15, 0.2) is 36.7 Å². The average molecular weight is 271 g/mol. The second kappa shape index (κ2) is 7.60. The standard InChI is InChI=1S/C16H21N3O/c1-3-5-13-6-8-15(9-7-13)20-16-18-11-14(12-19-16)10-17-4-2/h6-9,11-12,17H,3-5,10H2,1-2H3. The van der Waals surface area contributed by atoms with Gasteiger partial charge in [0, 0.05) is 24.5 Å². The molecule has 4 heteroatoms. The molecule has 0 atom stereocenters. The maximum atomic E-state index is 5.63. The summed E-state index contributed by atoms with van der Waals surface area (Å²) in [6.07, 6.45) is 5.82. The van der Waals surface area contributed by atoms with Crippen LogP contribution < -0.4 is 10.1 Å². The van der Waals surface area contributed by atoms with Crippen LogP contribution in [-0.2, 0) is 13.0 Å². The Hall–Kier alpha value is -1.94. The van der Waals surface area contributed by atoms with Gasteiger partial charge in [0.15, 0.2) is 0 Å². The van der Waals surface area contributed by atoms with Crippen LogP contribution in [-0.4, -0.2) is 16.5 Å². The fourth-order valence-electron chi connectivity index (χ4n) is 1.87. The smallest absolute Gasteiger partial charge is 0.321 e. The summed E-state index contributed by atoms with van der Waals surface area (Å²) in [6, 6.07) is 8.46. The maximum Gasteiger partial charge on any atom is 0.321 e. The van der Waals surface area contributed by atoms with E-state index in [-0.39, 0.29) is 0 Å². The van der Waals surface area contributed by atoms with Gasteiger partial charge in [-0.15, -0.1) is 0 Å². The Morgan fingerprint density at radius 1 is 1.00 bits per heavy atom. The van der Waals surface area contributed by atoms with Crippen molar-refractivity contribution in [1.29, 1.82) is 0 Å². The predicted octanol–water partition coefficient (Wildman–Crippen LogP) is 3.33. The summed E-state index contributed by atoms with van der Waals surface area (Å²) in [7, 11) is 0. The van der Waals surface area contributed by atoms with Crippen LogP contribution in [0.2, 0.25) is 0 Å². The van der Waals surface area contributed by atoms with Gasteiger partial charge in [0.1, 0.15) is 5.75 Å². The molecule has 2 rings (SSSR count). The summed E-state index contributed by atoms with van der Waals surface area (Å²) in [6.45, 7) is 5.96. The Morgan fingerprint density at radius 2 is 1.70 bits per heavy atom. The molecule has 20 heavy (non-hydrogen) atoms. The lowest BCUT2D eigenvalue weighted by Crippen LogP contribution is -2.12. The van der Waals surface area contributed by atoms with E-state index in [4.69, 9.17) is 4.74 Å². The van der Waals surface area contributed by atoms with E-state index in [0.717, 1.165) is 37.2 Å². The van der Waals surface area contributed by atoms with Gasteiger partial charge in [0.25, 0.3) is 0 Å². The van der Waals surface area contributed by atoms with Crippen LogP contribution in [0, 0.1) is 0 Å². The number of rotatable bonds is 7. The first-order valence-electron chi connectivity index (χ1n) is 7.10. The molecular weight excluding hydrogens is 250 g/mol. The number of hydrogen-bond donors (Lipinski definition) is 1. The Balaban J connectivity index is 1.95. The highest BCUT2D eigenvalue weighted by Crippen LogP contribution is 2.18. The van der Waals surface area contributed by atoms with Crippen molar-refractivity contribution in [2.45, 2.75) is 33.2 Å². The molecule has 106 valence electrons. The normalized spacial score (nSPS) is 10.5. The minimum atomic E-state index is 0.383. The Labute approximate surface area is 120 Å². The van der Waals surface area contributed by atoms with Gasteiger partial charge in [-0.25, -0.2) is 9.97 Å². The number of hydrogen-bond acceptors (Lipinski definition) is 4. The van der Waals surface area contributed by atoms with E-state index in [9.17, 15) is 0 Å². The third-order valence-electron chi connectivity index (χ3n) is 2.93. The fourth-order valence-corrected chi connectivity index (χ4v) is 1.87. The predicted molar refractivity (Wildman–Crippen MR) is 79.9 cm³/mol. The van der Waals surface area contributed by atoms with Gasteiger partial charge in [0.2, 0.25) is 0 Å². The van der Waals surface area contributed by atoms with Gasteiger partial charge >= 0.3 is 6.01 Å². The molecule has 1 aromatic carbocycles. The van der Waals surface area contributed by atoms with Crippen LogP contribution in [0.25, 0.3) is 0 Å². The van der Waals surface area contributed by atoms with E-state index in [1.807, 2.05) is 12.1 Å². The van der Waals surface area contributed by atoms with Gasteiger partial charge in [-0.3, -0.25) is 0 Å². The Kier molecular flexibility index (Phi) is 5.50. The lowest BCUT2D eigenvalue weighted by molar-refractivity contribution is 0.440. The van der Waals surface area contributed by atoms with Crippen LogP contribution >= 0.6 is 0 Å². The van der Waals surface area contributed by atoms with E-state index in [0.29, 0.717) is 6.01 Å². The minimum absolute atomic E-state index is 0.383. The fraction of sp³-hybridized carbons (Fsp3) is 0.375. The van der Waals surface area contributed by atoms with Crippen LogP contribution in [0.5, 0.6) is 11.8 Å². The number of aromatic nitrogens is 2. The molecule has 0 aliphatic heterocycles. The third-order valence-corrected chi connectivity index (χ3v) is 2.93. The zero-order valence-electron chi connectivity index (χ0n) is 12.1. The summed E-state index contributed by atoms with van der Waals surface area (Å²) < 4.78 is 5.63. The monoisotopic (exact) mass is 271 g/mol. The second-order valence-corrected chi connectivity index (χ2v) is 4.65. The molecule has 1 heterocycles. The van der Waals surface area contributed by atoms with Crippen molar-refractivity contribution in [2.24, 2.45) is 0 Å². The summed E-state index contributed by atoms with van der Waals surface area (Å²) in [5.74, 6) is 0.768. The first-order valence-corrected chi connectivity index (χ1v) is 7.10. The van der Waals surface area contributed by atoms with Crippen molar-refractivity contribution < 1.29 is 4.74 Å². The quantitative estimate of drug-likeness (QED) is 0.839. The van der Waals surface area contributed by atoms with Gasteiger partial charge < -0.3 is 10.1 Å². The van der Waals surface area contributed by atoms with Crippen molar-refractivity contribution in [3.63, 3.8) is 0 Å². The van der Waals surface area contributed by atoms with Gasteiger partial charge in [0.05, 0.1) is 0 Å². The maximum absolute atomic E-state index is 5.63. The van der Waals surface area contributed by atoms with Gasteiger partial charge in [-0.1, -0.05) is 32.4 Å². The summed E-state index contributed by atoms with van der Waals surface area (Å²) in [5.41, 5.74) is 2.37. The molecule has 0 aliphatic rings. The molecule has 0 saturated carbocycles. The second-order valence-electron chi connectivity index (χ2n) is 4.65. The lowest BCUT2D eigenvalue weighted by Gasteiger charge is -2.06. The summed E-state index contributed by atoms with van der Waals surface area (Å²) >= 11 is 0. The molecule has 4 nitrogen and oxygen atoms in total.